The Kier molecular flexibility index (Phi) is 14.7. The van der Waals surface area contributed by atoms with Crippen molar-refractivity contribution < 1.29 is 14.3 Å². The van der Waals surface area contributed by atoms with Gasteiger partial charge in [-0.05, 0) is 54.1 Å². The van der Waals surface area contributed by atoms with Crippen molar-refractivity contribution >= 4 is 17.6 Å². The molecule has 4 heterocycles. The molecular weight excluding hydrogens is 592 g/mol. The molecule has 0 saturated heterocycles. The summed E-state index contributed by atoms with van der Waals surface area (Å²) in [6.07, 6.45) is 9.58. The van der Waals surface area contributed by atoms with E-state index in [1.54, 1.807) is 59.8 Å². The third-order valence-corrected chi connectivity index (χ3v) is 6.14. The van der Waals surface area contributed by atoms with Crippen LogP contribution in [0.2, 0.25) is 0 Å². The van der Waals surface area contributed by atoms with E-state index in [1.807, 2.05) is 78.9 Å². The fourth-order valence-corrected chi connectivity index (χ4v) is 3.77. The lowest BCUT2D eigenvalue weighted by Gasteiger charge is -2.02. The number of nitrogens with zero attached hydrogens (tertiary/aromatic N) is 6. The Morgan fingerprint density at radius 2 is 1.28 bits per heavy atom. The molecule has 0 radical (unpaired) electrons. The molecule has 4 N–H and O–H groups in total. The highest BCUT2D eigenvalue weighted by atomic mass is 16.5. The van der Waals surface area contributed by atoms with Crippen LogP contribution < -0.4 is 11.5 Å². The van der Waals surface area contributed by atoms with Crippen molar-refractivity contribution in [3.63, 3.8) is 0 Å². The van der Waals surface area contributed by atoms with Crippen LogP contribution in [0.25, 0.3) is 16.9 Å². The Hall–Kier alpha value is -6.51. The number of aromatic nitrogens is 5. The minimum Gasteiger partial charge on any atom is -0.465 e. The number of ketones is 1. The number of esters is 1. The molecule has 0 fully saturated rings. The third kappa shape index (κ3) is 11.8. The fourth-order valence-electron chi connectivity index (χ4n) is 3.77. The Bertz CT molecular complexity index is 1810. The van der Waals surface area contributed by atoms with E-state index in [4.69, 9.17) is 16.7 Å². The van der Waals surface area contributed by atoms with Crippen LogP contribution in [-0.2, 0) is 11.3 Å². The summed E-state index contributed by atoms with van der Waals surface area (Å²) in [5.41, 5.74) is 16.4. The second-order valence-electron chi connectivity index (χ2n) is 9.35. The van der Waals surface area contributed by atoms with Crippen molar-refractivity contribution in [3.8, 4) is 23.0 Å². The molecule has 0 aliphatic rings. The van der Waals surface area contributed by atoms with Crippen LogP contribution >= 0.6 is 0 Å². The van der Waals surface area contributed by atoms with E-state index in [9.17, 15) is 9.59 Å². The van der Waals surface area contributed by atoms with Crippen LogP contribution in [0, 0.1) is 11.3 Å². The second kappa shape index (κ2) is 19.7. The summed E-state index contributed by atoms with van der Waals surface area (Å²) in [5, 5.41) is 12.7. The number of carbonyl (C=O) groups excluding carboxylic acids is 2. The fraction of sp³-hybridized carbons (Fsp3) is 0.0833. The molecule has 6 aromatic rings. The SMILES string of the molecule is COC(=O)c1ccncc1.N#CCC(=O)c1ccncc1.NCc1ccccc1.Nc1cc(-c2ccncc2)nn1-c1ccccc1. The normalized spacial score (nSPS) is 9.47. The molecule has 236 valence electrons. The van der Waals surface area contributed by atoms with Gasteiger partial charge in [0.1, 0.15) is 5.82 Å². The molecule has 0 saturated carbocycles. The number of ether oxygens (including phenoxy) is 1. The Morgan fingerprint density at radius 3 is 1.77 bits per heavy atom. The molecule has 0 spiro atoms. The van der Waals surface area contributed by atoms with Gasteiger partial charge in [0.2, 0.25) is 0 Å². The van der Waals surface area contributed by atoms with Crippen molar-refractivity contribution in [1.29, 1.82) is 5.26 Å². The Labute approximate surface area is 273 Å². The number of rotatable bonds is 6. The van der Waals surface area contributed by atoms with Crippen LogP contribution in [0.1, 0.15) is 32.7 Å². The number of pyridine rings is 3. The molecule has 0 aliphatic carbocycles. The highest BCUT2D eigenvalue weighted by molar-refractivity contribution is 5.97. The minimum absolute atomic E-state index is 0.0655. The van der Waals surface area contributed by atoms with E-state index in [2.05, 4.69) is 24.8 Å². The molecule has 0 amide bonds. The topological polar surface area (TPSA) is 176 Å². The summed E-state index contributed by atoms with van der Waals surface area (Å²) in [4.78, 5) is 33.3. The first-order valence-corrected chi connectivity index (χ1v) is 14.3. The van der Waals surface area contributed by atoms with Crippen molar-refractivity contribution in [2.24, 2.45) is 5.73 Å². The van der Waals surface area contributed by atoms with Crippen LogP contribution in [0.3, 0.4) is 0 Å². The first kappa shape index (κ1) is 35.0. The van der Waals surface area contributed by atoms with Gasteiger partial charge in [-0.15, -0.1) is 0 Å². The number of nitrogen functional groups attached to an aromatic ring is 1. The van der Waals surface area contributed by atoms with Gasteiger partial charge in [0.15, 0.2) is 5.78 Å². The quantitative estimate of drug-likeness (QED) is 0.172. The first-order chi connectivity index (χ1) is 23.0. The lowest BCUT2D eigenvalue weighted by molar-refractivity contribution is 0.0600. The standard InChI is InChI=1S/C14H12N4.C8H6N2O.C7H7NO2.C7H9N/c15-14-10-13(11-6-8-16-9-7-11)17-18(14)12-4-2-1-3-5-12;9-4-1-8(11)7-2-5-10-6-3-7;1-10-7(9)6-2-4-8-5-3-6;8-6-7-4-2-1-3-5-7/h1-10H,15H2;2-3,5-6H,1H2;2-5H,1H3;1-5H,6,8H2. The number of carbonyl (C=O) groups is 2. The van der Waals surface area contributed by atoms with Gasteiger partial charge in [-0.3, -0.25) is 19.7 Å². The average molecular weight is 627 g/mol. The van der Waals surface area contributed by atoms with Crippen LogP contribution in [0.4, 0.5) is 5.82 Å². The molecule has 4 aromatic heterocycles. The van der Waals surface area contributed by atoms with Crippen molar-refractivity contribution in [1.82, 2.24) is 24.7 Å². The number of nitriles is 1. The van der Waals surface area contributed by atoms with E-state index < -0.39 is 0 Å². The van der Waals surface area contributed by atoms with Gasteiger partial charge in [0.25, 0.3) is 0 Å². The summed E-state index contributed by atoms with van der Waals surface area (Å²) in [6.45, 7) is 0.640. The molecule has 6 rings (SSSR count). The van der Waals surface area contributed by atoms with Gasteiger partial charge in [0, 0.05) is 60.9 Å². The van der Waals surface area contributed by atoms with Crippen LogP contribution in [-0.4, -0.2) is 43.6 Å². The van der Waals surface area contributed by atoms with E-state index in [1.165, 1.54) is 25.1 Å². The third-order valence-electron chi connectivity index (χ3n) is 6.14. The predicted molar refractivity (Wildman–Crippen MR) is 180 cm³/mol. The number of Topliss-reactive ketones (excluding diaryl/α,β-unsaturated/α-hetero) is 1. The van der Waals surface area contributed by atoms with Crippen LogP contribution in [0.5, 0.6) is 0 Å². The molecule has 47 heavy (non-hydrogen) atoms. The van der Waals surface area contributed by atoms with E-state index in [-0.39, 0.29) is 18.2 Å². The number of hydrogen-bond donors (Lipinski definition) is 2. The number of para-hydroxylation sites is 1. The number of benzene rings is 2. The van der Waals surface area contributed by atoms with Gasteiger partial charge in [-0.1, -0.05) is 48.5 Å². The first-order valence-electron chi connectivity index (χ1n) is 14.3. The molecule has 11 heteroatoms. The van der Waals surface area contributed by atoms with Crippen molar-refractivity contribution in [2.75, 3.05) is 12.8 Å². The largest absolute Gasteiger partial charge is 0.465 e. The summed E-state index contributed by atoms with van der Waals surface area (Å²) in [6, 6.07) is 33.7. The van der Waals surface area contributed by atoms with Crippen LogP contribution in [0.15, 0.2) is 140 Å². The van der Waals surface area contributed by atoms with Gasteiger partial charge >= 0.3 is 5.97 Å². The number of nitrogens with two attached hydrogens (primary N) is 2. The van der Waals surface area contributed by atoms with E-state index in [0.717, 1.165) is 16.9 Å². The van der Waals surface area contributed by atoms with Gasteiger partial charge in [-0.2, -0.15) is 10.4 Å². The highest BCUT2D eigenvalue weighted by Crippen LogP contribution is 2.22. The maximum absolute atomic E-state index is 11.0. The summed E-state index contributed by atoms with van der Waals surface area (Å²) >= 11 is 0. The molecule has 0 bridgehead atoms. The zero-order chi connectivity index (χ0) is 33.7. The van der Waals surface area contributed by atoms with Gasteiger partial charge < -0.3 is 16.2 Å². The smallest absolute Gasteiger partial charge is 0.337 e. The van der Waals surface area contributed by atoms with Gasteiger partial charge in [-0.25, -0.2) is 9.48 Å². The second-order valence-corrected chi connectivity index (χ2v) is 9.35. The molecule has 0 aliphatic heterocycles. The summed E-state index contributed by atoms with van der Waals surface area (Å²) in [5.74, 6) is 0.130. The lowest BCUT2D eigenvalue weighted by atomic mass is 10.1. The minimum atomic E-state index is -0.331. The molecule has 0 unspecified atom stereocenters. The van der Waals surface area contributed by atoms with Gasteiger partial charge in [0.05, 0.1) is 36.5 Å². The lowest BCUT2D eigenvalue weighted by Crippen LogP contribution is -2.01. The maximum atomic E-state index is 11.0. The maximum Gasteiger partial charge on any atom is 0.337 e. The molecule has 2 aromatic carbocycles. The summed E-state index contributed by atoms with van der Waals surface area (Å²) in [7, 11) is 1.35. The Balaban J connectivity index is 0.000000180. The number of methoxy groups -OCH3 is 1. The molecule has 0 atom stereocenters. The molecular formula is C36H34N8O3. The van der Waals surface area contributed by atoms with E-state index in [0.29, 0.717) is 23.5 Å². The van der Waals surface area contributed by atoms with Crippen molar-refractivity contribution in [3.05, 3.63) is 157 Å². The monoisotopic (exact) mass is 626 g/mol. The zero-order valence-corrected chi connectivity index (χ0v) is 25.8. The average Bonchev–Trinajstić information content (AvgIpc) is 3.55. The number of hydrogen-bond acceptors (Lipinski definition) is 10. The van der Waals surface area contributed by atoms with Crippen molar-refractivity contribution in [2.45, 2.75) is 13.0 Å². The predicted octanol–water partition coefficient (Wildman–Crippen LogP) is 5.71. The molecule has 11 nitrogen and oxygen atoms in total. The van der Waals surface area contributed by atoms with E-state index >= 15 is 0 Å². The Morgan fingerprint density at radius 1 is 0.766 bits per heavy atom. The summed E-state index contributed by atoms with van der Waals surface area (Å²) < 4.78 is 6.20. The highest BCUT2D eigenvalue weighted by Gasteiger charge is 2.08. The zero-order valence-electron chi connectivity index (χ0n) is 25.8. The number of anilines is 1.